The molecule has 0 aliphatic heterocycles. The Kier molecular flexibility index (Phi) is 5.77. The summed E-state index contributed by atoms with van der Waals surface area (Å²) in [6.45, 7) is 1.99. The summed E-state index contributed by atoms with van der Waals surface area (Å²) in [5, 5.41) is 16.1. The Labute approximate surface area is 147 Å². The molecule has 1 aromatic heterocycles. The van der Waals surface area contributed by atoms with Crippen LogP contribution < -0.4 is 10.6 Å². The summed E-state index contributed by atoms with van der Waals surface area (Å²) in [6.07, 6.45) is 5.76. The third kappa shape index (κ3) is 4.10. The molecule has 0 fully saturated rings. The zero-order valence-electron chi connectivity index (χ0n) is 12.5. The van der Waals surface area contributed by atoms with Gasteiger partial charge in [-0.2, -0.15) is 0 Å². The highest BCUT2D eigenvalue weighted by Crippen LogP contribution is 2.33. The molecule has 23 heavy (non-hydrogen) atoms. The van der Waals surface area contributed by atoms with Gasteiger partial charge in [-0.1, -0.05) is 34.0 Å². The van der Waals surface area contributed by atoms with Crippen LogP contribution in [0, 0.1) is 12.3 Å². The van der Waals surface area contributed by atoms with E-state index in [0.717, 1.165) is 10.0 Å². The number of anilines is 1. The van der Waals surface area contributed by atoms with E-state index in [9.17, 15) is 4.79 Å². The largest absolute Gasteiger partial charge is 0.395 e. The normalized spacial score (nSPS) is 13.0. The molecule has 1 aromatic carbocycles. The summed E-state index contributed by atoms with van der Waals surface area (Å²) in [6, 6.07) is 7.35. The molecule has 2 aromatic rings. The topological polar surface area (TPSA) is 74.2 Å². The van der Waals surface area contributed by atoms with Gasteiger partial charge in [-0.05, 0) is 24.6 Å². The zero-order valence-corrected chi connectivity index (χ0v) is 14.9. The lowest BCUT2D eigenvalue weighted by Crippen LogP contribution is -2.31. The number of carbonyl (C=O) groups is 1. The second-order valence-corrected chi connectivity index (χ2v) is 6.69. The van der Waals surface area contributed by atoms with Crippen molar-refractivity contribution in [1.82, 2.24) is 10.3 Å². The average Bonchev–Trinajstić information content (AvgIpc) is 3.01. The third-order valence-electron chi connectivity index (χ3n) is 3.34. The number of carbonyl (C=O) groups excluding carboxylic acids is 1. The maximum absolute atomic E-state index is 11.6. The van der Waals surface area contributed by atoms with Crippen molar-refractivity contribution in [2.45, 2.75) is 12.3 Å². The van der Waals surface area contributed by atoms with Crippen LogP contribution >= 0.6 is 27.3 Å². The van der Waals surface area contributed by atoms with Crippen molar-refractivity contribution < 1.29 is 9.90 Å². The van der Waals surface area contributed by atoms with Crippen molar-refractivity contribution in [2.24, 2.45) is 0 Å². The fourth-order valence-corrected chi connectivity index (χ4v) is 3.04. The van der Waals surface area contributed by atoms with Gasteiger partial charge in [0, 0.05) is 16.4 Å². The number of urea groups is 1. The molecule has 0 bridgehead atoms. The highest BCUT2D eigenvalue weighted by molar-refractivity contribution is 9.10. The number of hydrogen-bond donors (Lipinski definition) is 3. The Bertz CT molecular complexity index is 724. The van der Waals surface area contributed by atoms with Gasteiger partial charge in [-0.25, -0.2) is 9.78 Å². The molecule has 0 spiro atoms. The molecule has 0 radical (unpaired) electrons. The lowest BCUT2D eigenvalue weighted by Gasteiger charge is -2.22. The first-order valence-electron chi connectivity index (χ1n) is 6.85. The number of benzene rings is 1. The van der Waals surface area contributed by atoms with Crippen LogP contribution in [-0.4, -0.2) is 29.3 Å². The predicted octanol–water partition coefficient (Wildman–Crippen LogP) is 2.96. The van der Waals surface area contributed by atoms with Gasteiger partial charge in [-0.3, -0.25) is 5.32 Å². The standard InChI is InChI=1S/C16H16BrN3O2S/c1-3-16(2,11-4-6-12(17)7-5-11)13-10-23-15(19-13)20-14(22)18-8-9-21/h1,4-7,10,21H,8-9H2,2H3,(H2,18,19,20,22). The molecule has 2 rings (SSSR count). The smallest absolute Gasteiger partial charge is 0.321 e. The number of aliphatic hydroxyl groups is 1. The number of nitrogens with zero attached hydrogens (tertiary/aromatic N) is 1. The number of halogens is 1. The Balaban J connectivity index is 2.21. The highest BCUT2D eigenvalue weighted by Gasteiger charge is 2.29. The molecule has 1 atom stereocenters. The van der Waals surface area contributed by atoms with Gasteiger partial charge in [0.05, 0.1) is 17.7 Å². The van der Waals surface area contributed by atoms with Crippen LogP contribution in [0.5, 0.6) is 0 Å². The number of aliphatic hydroxyl groups excluding tert-OH is 1. The summed E-state index contributed by atoms with van der Waals surface area (Å²) in [4.78, 5) is 16.0. The number of hydrogen-bond acceptors (Lipinski definition) is 4. The van der Waals surface area contributed by atoms with E-state index >= 15 is 0 Å². The molecule has 0 saturated carbocycles. The first-order chi connectivity index (χ1) is 11.0. The van der Waals surface area contributed by atoms with Crippen LogP contribution in [0.15, 0.2) is 34.1 Å². The van der Waals surface area contributed by atoms with Gasteiger partial charge < -0.3 is 10.4 Å². The molecule has 1 unspecified atom stereocenters. The number of rotatable bonds is 5. The van der Waals surface area contributed by atoms with E-state index in [1.165, 1.54) is 11.3 Å². The molecule has 0 aliphatic rings. The van der Waals surface area contributed by atoms with Crippen LogP contribution in [0.3, 0.4) is 0 Å². The SMILES string of the molecule is C#CC(C)(c1ccc(Br)cc1)c1csc(NC(=O)NCCO)n1. The van der Waals surface area contributed by atoms with Gasteiger partial charge in [-0.15, -0.1) is 17.8 Å². The van der Waals surface area contributed by atoms with E-state index in [1.807, 2.05) is 36.6 Å². The molecule has 5 nitrogen and oxygen atoms in total. The summed E-state index contributed by atoms with van der Waals surface area (Å²) >= 11 is 4.71. The van der Waals surface area contributed by atoms with Crippen molar-refractivity contribution in [3.05, 3.63) is 45.4 Å². The van der Waals surface area contributed by atoms with Crippen molar-refractivity contribution in [2.75, 3.05) is 18.5 Å². The van der Waals surface area contributed by atoms with Crippen LogP contribution in [-0.2, 0) is 5.41 Å². The van der Waals surface area contributed by atoms with Crippen molar-refractivity contribution >= 4 is 38.4 Å². The van der Waals surface area contributed by atoms with Crippen molar-refractivity contribution in [3.8, 4) is 12.3 Å². The van der Waals surface area contributed by atoms with Gasteiger partial charge in [0.2, 0.25) is 0 Å². The molecule has 0 aliphatic carbocycles. The maximum atomic E-state index is 11.6. The summed E-state index contributed by atoms with van der Waals surface area (Å²) in [5.41, 5.74) is 0.966. The van der Waals surface area contributed by atoms with Gasteiger partial charge in [0.25, 0.3) is 0 Å². The monoisotopic (exact) mass is 393 g/mol. The summed E-state index contributed by atoms with van der Waals surface area (Å²) < 4.78 is 0.974. The lowest BCUT2D eigenvalue weighted by atomic mass is 9.81. The Morgan fingerprint density at radius 3 is 2.78 bits per heavy atom. The van der Waals surface area contributed by atoms with Crippen LogP contribution in [0.4, 0.5) is 9.93 Å². The lowest BCUT2D eigenvalue weighted by molar-refractivity contribution is 0.245. The summed E-state index contributed by atoms with van der Waals surface area (Å²) in [5.74, 6) is 2.80. The fourth-order valence-electron chi connectivity index (χ4n) is 1.96. The number of amides is 2. The number of terminal acetylenes is 1. The van der Waals surface area contributed by atoms with Gasteiger partial charge in [0.1, 0.15) is 0 Å². The Morgan fingerprint density at radius 1 is 1.48 bits per heavy atom. The van der Waals surface area contributed by atoms with Gasteiger partial charge >= 0.3 is 6.03 Å². The van der Waals surface area contributed by atoms with Crippen LogP contribution in [0.25, 0.3) is 0 Å². The average molecular weight is 394 g/mol. The quantitative estimate of drug-likeness (QED) is 0.683. The Morgan fingerprint density at radius 2 is 2.17 bits per heavy atom. The molecule has 7 heteroatoms. The zero-order chi connectivity index (χ0) is 16.9. The first kappa shape index (κ1) is 17.5. The predicted molar refractivity (Wildman–Crippen MR) is 95.7 cm³/mol. The number of thiazole rings is 1. The molecular formula is C16H16BrN3O2S. The second-order valence-electron chi connectivity index (χ2n) is 4.92. The minimum atomic E-state index is -0.682. The van der Waals surface area contributed by atoms with E-state index < -0.39 is 11.4 Å². The Hall–Kier alpha value is -1.88. The number of nitrogens with one attached hydrogen (secondary N) is 2. The van der Waals surface area contributed by atoms with Gasteiger partial charge in [0.15, 0.2) is 5.13 Å². The highest BCUT2D eigenvalue weighted by atomic mass is 79.9. The molecule has 2 amide bonds. The van der Waals surface area contributed by atoms with Crippen LogP contribution in [0.1, 0.15) is 18.2 Å². The van der Waals surface area contributed by atoms with E-state index in [4.69, 9.17) is 11.5 Å². The maximum Gasteiger partial charge on any atom is 0.321 e. The first-order valence-corrected chi connectivity index (χ1v) is 8.52. The number of aromatic nitrogens is 1. The van der Waals surface area contributed by atoms with Crippen LogP contribution in [0.2, 0.25) is 0 Å². The van der Waals surface area contributed by atoms with E-state index in [2.05, 4.69) is 37.5 Å². The molecule has 120 valence electrons. The second kappa shape index (κ2) is 7.59. The van der Waals surface area contributed by atoms with E-state index in [0.29, 0.717) is 10.8 Å². The van der Waals surface area contributed by atoms with E-state index in [-0.39, 0.29) is 13.2 Å². The third-order valence-corrected chi connectivity index (χ3v) is 4.63. The molecule has 3 N–H and O–H groups in total. The van der Waals surface area contributed by atoms with Crippen molar-refractivity contribution in [3.63, 3.8) is 0 Å². The summed E-state index contributed by atoms with van der Waals surface area (Å²) in [7, 11) is 0. The minimum Gasteiger partial charge on any atom is -0.395 e. The minimum absolute atomic E-state index is 0.116. The van der Waals surface area contributed by atoms with Crippen molar-refractivity contribution in [1.29, 1.82) is 0 Å². The molecule has 0 saturated heterocycles. The van der Waals surface area contributed by atoms with E-state index in [1.54, 1.807) is 0 Å². The molecule has 1 heterocycles. The molecular weight excluding hydrogens is 378 g/mol. The fraction of sp³-hybridized carbons (Fsp3) is 0.250.